The minimum absolute atomic E-state index is 0.0592. The lowest BCUT2D eigenvalue weighted by Crippen LogP contribution is -2.35. The number of aryl methyl sites for hydroxylation is 2. The van der Waals surface area contributed by atoms with Gasteiger partial charge in [-0.05, 0) is 31.9 Å². The van der Waals surface area contributed by atoms with Crippen molar-refractivity contribution in [3.63, 3.8) is 0 Å². The fourth-order valence-corrected chi connectivity index (χ4v) is 3.91. The standard InChI is InChI=1S/C13H17NO3S/c1-9-3-4-12(10(2)7-9)13(15)14-11-5-6-18(16,17)8-11/h3-4,7,11H,5-6,8H2,1-2H3,(H,14,15)/t11-/m0/s1. The summed E-state index contributed by atoms with van der Waals surface area (Å²) >= 11 is 0. The maximum absolute atomic E-state index is 12.0. The van der Waals surface area contributed by atoms with Crippen LogP contribution in [0.5, 0.6) is 0 Å². The smallest absolute Gasteiger partial charge is 0.251 e. The zero-order valence-corrected chi connectivity index (χ0v) is 11.4. The molecule has 1 aliphatic rings. The summed E-state index contributed by atoms with van der Waals surface area (Å²) < 4.78 is 22.6. The van der Waals surface area contributed by atoms with Crippen molar-refractivity contribution in [1.82, 2.24) is 5.32 Å². The Kier molecular flexibility index (Phi) is 3.43. The van der Waals surface area contributed by atoms with Crippen LogP contribution in [0.25, 0.3) is 0 Å². The van der Waals surface area contributed by atoms with Gasteiger partial charge in [0.2, 0.25) is 0 Å². The Morgan fingerprint density at radius 1 is 1.33 bits per heavy atom. The van der Waals surface area contributed by atoms with Crippen LogP contribution in [0.15, 0.2) is 18.2 Å². The molecule has 0 bridgehead atoms. The maximum atomic E-state index is 12.0. The molecule has 1 aromatic rings. The molecule has 1 fully saturated rings. The van der Waals surface area contributed by atoms with Gasteiger partial charge in [0, 0.05) is 11.6 Å². The predicted molar refractivity (Wildman–Crippen MR) is 70.4 cm³/mol. The van der Waals surface area contributed by atoms with Gasteiger partial charge in [-0.15, -0.1) is 0 Å². The van der Waals surface area contributed by atoms with Crippen molar-refractivity contribution in [2.75, 3.05) is 11.5 Å². The first-order valence-corrected chi connectivity index (χ1v) is 7.78. The average molecular weight is 267 g/mol. The second-order valence-electron chi connectivity index (χ2n) is 4.89. The van der Waals surface area contributed by atoms with Gasteiger partial charge in [-0.3, -0.25) is 4.79 Å². The number of hydrogen-bond acceptors (Lipinski definition) is 3. The van der Waals surface area contributed by atoms with Crippen LogP contribution in [0.4, 0.5) is 0 Å². The molecule has 1 N–H and O–H groups in total. The minimum Gasteiger partial charge on any atom is -0.348 e. The summed E-state index contributed by atoms with van der Waals surface area (Å²) in [6, 6.07) is 5.36. The summed E-state index contributed by atoms with van der Waals surface area (Å²) in [7, 11) is -2.95. The summed E-state index contributed by atoms with van der Waals surface area (Å²) in [5.74, 6) is 0.0451. The number of hydrogen-bond donors (Lipinski definition) is 1. The summed E-state index contributed by atoms with van der Waals surface area (Å²) in [6.45, 7) is 3.85. The molecule has 5 heteroatoms. The fraction of sp³-hybridized carbons (Fsp3) is 0.462. The number of benzene rings is 1. The topological polar surface area (TPSA) is 63.2 Å². The van der Waals surface area contributed by atoms with E-state index in [0.29, 0.717) is 12.0 Å². The maximum Gasteiger partial charge on any atom is 0.251 e. The van der Waals surface area contributed by atoms with Gasteiger partial charge in [0.15, 0.2) is 9.84 Å². The zero-order valence-electron chi connectivity index (χ0n) is 10.6. The number of carbonyl (C=O) groups excluding carboxylic acids is 1. The monoisotopic (exact) mass is 267 g/mol. The van der Waals surface area contributed by atoms with Crippen LogP contribution in [0.3, 0.4) is 0 Å². The van der Waals surface area contributed by atoms with Gasteiger partial charge in [0.1, 0.15) is 0 Å². The van der Waals surface area contributed by atoms with Crippen LogP contribution >= 0.6 is 0 Å². The Labute approximate surface area is 107 Å². The lowest BCUT2D eigenvalue weighted by molar-refractivity contribution is 0.0940. The number of nitrogens with one attached hydrogen (secondary N) is 1. The van der Waals surface area contributed by atoms with Crippen LogP contribution in [-0.2, 0) is 9.84 Å². The first kappa shape index (κ1) is 13.1. The van der Waals surface area contributed by atoms with Crippen LogP contribution in [0.1, 0.15) is 27.9 Å². The molecule has 98 valence electrons. The van der Waals surface area contributed by atoms with E-state index >= 15 is 0 Å². The molecule has 0 unspecified atom stereocenters. The van der Waals surface area contributed by atoms with Crippen molar-refractivity contribution in [3.8, 4) is 0 Å². The molecule has 2 rings (SSSR count). The van der Waals surface area contributed by atoms with Gasteiger partial charge in [0.05, 0.1) is 11.5 Å². The summed E-state index contributed by atoms with van der Waals surface area (Å²) in [6.07, 6.45) is 0.513. The number of amides is 1. The van der Waals surface area contributed by atoms with E-state index in [0.717, 1.165) is 11.1 Å². The highest BCUT2D eigenvalue weighted by atomic mass is 32.2. The Morgan fingerprint density at radius 2 is 2.06 bits per heavy atom. The third kappa shape index (κ3) is 2.90. The van der Waals surface area contributed by atoms with E-state index in [1.54, 1.807) is 6.07 Å². The normalized spacial score (nSPS) is 21.8. The lowest BCUT2D eigenvalue weighted by atomic mass is 10.0. The molecule has 1 aliphatic heterocycles. The molecule has 1 saturated heterocycles. The number of sulfone groups is 1. The molecule has 0 spiro atoms. The van der Waals surface area contributed by atoms with Crippen LogP contribution in [-0.4, -0.2) is 31.9 Å². The third-order valence-corrected chi connectivity index (χ3v) is 4.96. The van der Waals surface area contributed by atoms with E-state index in [4.69, 9.17) is 0 Å². The molecule has 0 aromatic heterocycles. The van der Waals surface area contributed by atoms with Gasteiger partial charge >= 0.3 is 0 Å². The highest BCUT2D eigenvalue weighted by Gasteiger charge is 2.29. The van der Waals surface area contributed by atoms with E-state index in [1.807, 2.05) is 26.0 Å². The molecule has 0 radical (unpaired) electrons. The van der Waals surface area contributed by atoms with Crippen molar-refractivity contribution in [2.45, 2.75) is 26.3 Å². The Morgan fingerprint density at radius 3 is 2.61 bits per heavy atom. The predicted octanol–water partition coefficient (Wildman–Crippen LogP) is 1.22. The number of carbonyl (C=O) groups is 1. The third-order valence-electron chi connectivity index (χ3n) is 3.19. The highest BCUT2D eigenvalue weighted by Crippen LogP contribution is 2.14. The molecular weight excluding hydrogens is 250 g/mol. The average Bonchev–Trinajstić information content (AvgIpc) is 2.57. The Bertz CT molecular complexity index is 578. The molecule has 18 heavy (non-hydrogen) atoms. The van der Waals surface area contributed by atoms with Crippen molar-refractivity contribution in [1.29, 1.82) is 0 Å². The fourth-order valence-electron chi connectivity index (χ4n) is 2.24. The van der Waals surface area contributed by atoms with E-state index in [9.17, 15) is 13.2 Å². The minimum atomic E-state index is -2.95. The van der Waals surface area contributed by atoms with E-state index in [-0.39, 0.29) is 23.5 Å². The van der Waals surface area contributed by atoms with Crippen molar-refractivity contribution < 1.29 is 13.2 Å². The van der Waals surface area contributed by atoms with Crippen LogP contribution in [0, 0.1) is 13.8 Å². The first-order valence-electron chi connectivity index (χ1n) is 5.96. The summed E-state index contributed by atoms with van der Waals surface area (Å²) in [5.41, 5.74) is 2.63. The lowest BCUT2D eigenvalue weighted by Gasteiger charge is -2.12. The van der Waals surface area contributed by atoms with Gasteiger partial charge in [0.25, 0.3) is 5.91 Å². The second kappa shape index (κ2) is 4.72. The summed E-state index contributed by atoms with van der Waals surface area (Å²) in [5, 5.41) is 2.79. The van der Waals surface area contributed by atoms with E-state index in [1.165, 1.54) is 0 Å². The first-order chi connectivity index (χ1) is 8.37. The highest BCUT2D eigenvalue weighted by molar-refractivity contribution is 7.91. The zero-order chi connectivity index (χ0) is 13.3. The molecular formula is C13H17NO3S. The van der Waals surface area contributed by atoms with E-state index in [2.05, 4.69) is 5.32 Å². The van der Waals surface area contributed by atoms with Crippen molar-refractivity contribution in [2.24, 2.45) is 0 Å². The SMILES string of the molecule is Cc1ccc(C(=O)N[C@H]2CCS(=O)(=O)C2)c(C)c1. The quantitative estimate of drug-likeness (QED) is 0.876. The van der Waals surface area contributed by atoms with Gasteiger partial charge < -0.3 is 5.32 Å². The van der Waals surface area contributed by atoms with Gasteiger partial charge in [-0.25, -0.2) is 8.42 Å². The van der Waals surface area contributed by atoms with Crippen LogP contribution < -0.4 is 5.32 Å². The van der Waals surface area contributed by atoms with Crippen molar-refractivity contribution in [3.05, 3.63) is 34.9 Å². The number of rotatable bonds is 2. The molecule has 0 saturated carbocycles. The van der Waals surface area contributed by atoms with Crippen LogP contribution in [0.2, 0.25) is 0 Å². The van der Waals surface area contributed by atoms with Gasteiger partial charge in [-0.2, -0.15) is 0 Å². The Balaban J connectivity index is 2.09. The molecule has 1 aromatic carbocycles. The molecule has 1 heterocycles. The van der Waals surface area contributed by atoms with E-state index < -0.39 is 9.84 Å². The molecule has 1 amide bonds. The molecule has 1 atom stereocenters. The molecule has 4 nitrogen and oxygen atoms in total. The summed E-state index contributed by atoms with van der Waals surface area (Å²) in [4.78, 5) is 12.0. The largest absolute Gasteiger partial charge is 0.348 e. The van der Waals surface area contributed by atoms with Crippen molar-refractivity contribution >= 4 is 15.7 Å². The Hall–Kier alpha value is -1.36. The van der Waals surface area contributed by atoms with Gasteiger partial charge in [-0.1, -0.05) is 17.7 Å². The molecule has 0 aliphatic carbocycles. The second-order valence-corrected chi connectivity index (χ2v) is 7.12.